The highest BCUT2D eigenvalue weighted by atomic mass is 32.2. The lowest BCUT2D eigenvalue weighted by Crippen LogP contribution is -2.37. The van der Waals surface area contributed by atoms with Crippen LogP contribution in [0.1, 0.15) is 5.56 Å². The van der Waals surface area contributed by atoms with E-state index in [9.17, 15) is 18.8 Å². The molecule has 0 aliphatic rings. The molecule has 136 valence electrons. The number of ether oxygens (including phenoxy) is 1. The fraction of sp³-hybridized carbons (Fsp3) is 0.167. The number of anilines is 1. The molecule has 0 atom stereocenters. The molecule has 8 heteroatoms. The van der Waals surface area contributed by atoms with Crippen molar-refractivity contribution in [2.24, 2.45) is 0 Å². The zero-order valence-corrected chi connectivity index (χ0v) is 14.8. The number of hydrogen-bond acceptors (Lipinski definition) is 5. The van der Waals surface area contributed by atoms with Crippen LogP contribution in [0.15, 0.2) is 53.4 Å². The second-order valence-corrected chi connectivity index (χ2v) is 6.21. The molecule has 0 heterocycles. The molecule has 0 aliphatic heterocycles. The van der Waals surface area contributed by atoms with Gasteiger partial charge >= 0.3 is 12.0 Å². The minimum atomic E-state index is -0.912. The zero-order valence-electron chi connectivity index (χ0n) is 14.0. The maximum Gasteiger partial charge on any atom is 0.326 e. The first-order valence-electron chi connectivity index (χ1n) is 7.65. The number of carbonyl (C=O) groups is 3. The average molecular weight is 376 g/mol. The SMILES string of the molecule is Cc1ccccc1SCC(=O)OCC(=O)NC(=O)Nc1ccccc1F. The first-order valence-corrected chi connectivity index (χ1v) is 8.63. The lowest BCUT2D eigenvalue weighted by Gasteiger charge is -2.08. The Kier molecular flexibility index (Phi) is 7.16. The van der Waals surface area contributed by atoms with Crippen molar-refractivity contribution in [2.45, 2.75) is 11.8 Å². The van der Waals surface area contributed by atoms with E-state index in [0.29, 0.717) is 0 Å². The first-order chi connectivity index (χ1) is 12.5. The number of imide groups is 1. The Labute approximate surface area is 154 Å². The van der Waals surface area contributed by atoms with E-state index >= 15 is 0 Å². The number of urea groups is 1. The number of carbonyl (C=O) groups excluding carboxylic acids is 3. The predicted molar refractivity (Wildman–Crippen MR) is 96.4 cm³/mol. The van der Waals surface area contributed by atoms with Gasteiger partial charge in [-0.05, 0) is 30.7 Å². The number of benzene rings is 2. The lowest BCUT2D eigenvalue weighted by molar-refractivity contribution is -0.145. The van der Waals surface area contributed by atoms with E-state index in [0.717, 1.165) is 10.5 Å². The van der Waals surface area contributed by atoms with Crippen LogP contribution in [0.3, 0.4) is 0 Å². The highest BCUT2D eigenvalue weighted by molar-refractivity contribution is 8.00. The molecule has 2 aromatic rings. The Bertz CT molecular complexity index is 813. The minimum absolute atomic E-state index is 0.0412. The van der Waals surface area contributed by atoms with Gasteiger partial charge in [0.25, 0.3) is 5.91 Å². The Morgan fingerprint density at radius 2 is 1.77 bits per heavy atom. The van der Waals surface area contributed by atoms with Crippen molar-refractivity contribution in [3.8, 4) is 0 Å². The molecule has 0 saturated carbocycles. The summed E-state index contributed by atoms with van der Waals surface area (Å²) in [6, 6.07) is 12.2. The largest absolute Gasteiger partial charge is 0.455 e. The number of para-hydroxylation sites is 1. The number of halogens is 1. The van der Waals surface area contributed by atoms with Crippen LogP contribution in [0.4, 0.5) is 14.9 Å². The van der Waals surface area contributed by atoms with Crippen LogP contribution in [0.25, 0.3) is 0 Å². The van der Waals surface area contributed by atoms with Gasteiger partial charge in [-0.1, -0.05) is 30.3 Å². The standard InChI is InChI=1S/C18H17FN2O4S/c1-12-6-2-5-9-15(12)26-11-17(23)25-10-16(22)21-18(24)20-14-8-4-3-7-13(14)19/h2-9H,10-11H2,1H3,(H2,20,21,22,24). The molecular weight excluding hydrogens is 359 g/mol. The van der Waals surface area contributed by atoms with Gasteiger partial charge in [-0.25, -0.2) is 9.18 Å². The monoisotopic (exact) mass is 376 g/mol. The molecule has 0 fully saturated rings. The quantitative estimate of drug-likeness (QED) is 0.598. The van der Waals surface area contributed by atoms with Crippen LogP contribution >= 0.6 is 11.8 Å². The summed E-state index contributed by atoms with van der Waals surface area (Å²) < 4.78 is 18.2. The fourth-order valence-electron chi connectivity index (χ4n) is 1.92. The summed E-state index contributed by atoms with van der Waals surface area (Å²) in [5.41, 5.74) is 0.970. The highest BCUT2D eigenvalue weighted by Crippen LogP contribution is 2.21. The molecule has 0 saturated heterocycles. The van der Waals surface area contributed by atoms with Crippen LogP contribution in [0, 0.1) is 12.7 Å². The molecule has 0 aliphatic carbocycles. The van der Waals surface area contributed by atoms with Crippen molar-refractivity contribution in [1.29, 1.82) is 0 Å². The van der Waals surface area contributed by atoms with Crippen LogP contribution < -0.4 is 10.6 Å². The van der Waals surface area contributed by atoms with Crippen LogP contribution in [-0.4, -0.2) is 30.3 Å². The summed E-state index contributed by atoms with van der Waals surface area (Å²) in [4.78, 5) is 35.8. The number of thioether (sulfide) groups is 1. The van der Waals surface area contributed by atoms with E-state index in [-0.39, 0.29) is 11.4 Å². The van der Waals surface area contributed by atoms with Crippen molar-refractivity contribution in [3.05, 3.63) is 59.9 Å². The van der Waals surface area contributed by atoms with Crippen LogP contribution in [0.5, 0.6) is 0 Å². The Morgan fingerprint density at radius 1 is 1.08 bits per heavy atom. The van der Waals surface area contributed by atoms with Gasteiger partial charge in [0.05, 0.1) is 11.4 Å². The summed E-state index contributed by atoms with van der Waals surface area (Å²) >= 11 is 1.30. The topological polar surface area (TPSA) is 84.5 Å². The highest BCUT2D eigenvalue weighted by Gasteiger charge is 2.13. The number of amides is 3. The van der Waals surface area contributed by atoms with Crippen molar-refractivity contribution in [1.82, 2.24) is 5.32 Å². The predicted octanol–water partition coefficient (Wildman–Crippen LogP) is 3.12. The molecule has 0 unspecified atom stereocenters. The molecule has 0 radical (unpaired) electrons. The van der Waals surface area contributed by atoms with Gasteiger partial charge in [0.1, 0.15) is 5.82 Å². The van der Waals surface area contributed by atoms with E-state index < -0.39 is 30.3 Å². The number of esters is 1. The summed E-state index contributed by atoms with van der Waals surface area (Å²) in [6.07, 6.45) is 0. The van der Waals surface area contributed by atoms with Crippen molar-refractivity contribution in [3.63, 3.8) is 0 Å². The van der Waals surface area contributed by atoms with E-state index in [2.05, 4.69) is 5.32 Å². The summed E-state index contributed by atoms with van der Waals surface area (Å²) in [7, 11) is 0. The Hall–Kier alpha value is -2.87. The Balaban J connectivity index is 1.71. The molecule has 26 heavy (non-hydrogen) atoms. The van der Waals surface area contributed by atoms with Gasteiger partial charge < -0.3 is 10.1 Å². The fourth-order valence-corrected chi connectivity index (χ4v) is 2.75. The maximum absolute atomic E-state index is 13.4. The first kappa shape index (κ1) is 19.5. The molecule has 0 spiro atoms. The Morgan fingerprint density at radius 3 is 2.50 bits per heavy atom. The van der Waals surface area contributed by atoms with E-state index in [4.69, 9.17) is 4.74 Å². The van der Waals surface area contributed by atoms with Crippen molar-refractivity contribution in [2.75, 3.05) is 17.7 Å². The van der Waals surface area contributed by atoms with E-state index in [1.807, 2.05) is 36.5 Å². The molecule has 2 aromatic carbocycles. The second kappa shape index (κ2) is 9.57. The molecule has 0 bridgehead atoms. The molecular formula is C18H17FN2O4S. The van der Waals surface area contributed by atoms with Crippen LogP contribution in [0.2, 0.25) is 0 Å². The summed E-state index contributed by atoms with van der Waals surface area (Å²) in [5, 5.41) is 4.15. The third-order valence-electron chi connectivity index (χ3n) is 3.18. The van der Waals surface area contributed by atoms with Gasteiger partial charge in [0, 0.05) is 4.90 Å². The van der Waals surface area contributed by atoms with E-state index in [1.165, 1.54) is 36.0 Å². The number of aryl methyl sites for hydroxylation is 1. The second-order valence-electron chi connectivity index (χ2n) is 5.20. The van der Waals surface area contributed by atoms with Crippen LogP contribution in [-0.2, 0) is 14.3 Å². The zero-order chi connectivity index (χ0) is 18.9. The van der Waals surface area contributed by atoms with Crippen molar-refractivity contribution >= 4 is 35.4 Å². The van der Waals surface area contributed by atoms with Gasteiger partial charge in [0.15, 0.2) is 6.61 Å². The summed E-state index contributed by atoms with van der Waals surface area (Å²) in [6.45, 7) is 1.33. The van der Waals surface area contributed by atoms with Gasteiger partial charge in [-0.3, -0.25) is 14.9 Å². The number of nitrogens with one attached hydrogen (secondary N) is 2. The van der Waals surface area contributed by atoms with Gasteiger partial charge in [-0.15, -0.1) is 11.8 Å². The maximum atomic E-state index is 13.4. The smallest absolute Gasteiger partial charge is 0.326 e. The third-order valence-corrected chi connectivity index (χ3v) is 4.33. The van der Waals surface area contributed by atoms with E-state index in [1.54, 1.807) is 0 Å². The molecule has 0 aromatic heterocycles. The van der Waals surface area contributed by atoms with Gasteiger partial charge in [-0.2, -0.15) is 0 Å². The molecule has 6 nitrogen and oxygen atoms in total. The van der Waals surface area contributed by atoms with Crippen molar-refractivity contribution < 1.29 is 23.5 Å². The molecule has 2 N–H and O–H groups in total. The number of rotatable bonds is 6. The average Bonchev–Trinajstić information content (AvgIpc) is 2.61. The number of hydrogen-bond donors (Lipinski definition) is 2. The molecule has 3 amide bonds. The minimum Gasteiger partial charge on any atom is -0.455 e. The summed E-state index contributed by atoms with van der Waals surface area (Å²) in [5.74, 6) is -1.98. The third kappa shape index (κ3) is 6.21. The normalized spacial score (nSPS) is 10.1. The molecule has 2 rings (SSSR count). The van der Waals surface area contributed by atoms with Gasteiger partial charge in [0.2, 0.25) is 0 Å². The lowest BCUT2D eigenvalue weighted by atomic mass is 10.2.